The highest BCUT2D eigenvalue weighted by Gasteiger charge is 2.10. The molecule has 1 aromatic carbocycles. The number of rotatable bonds is 7. The van der Waals surface area contributed by atoms with Crippen LogP contribution in [0.4, 0.5) is 0 Å². The van der Waals surface area contributed by atoms with Crippen LogP contribution in [0, 0.1) is 0 Å². The number of hydrogen-bond acceptors (Lipinski definition) is 2. The lowest BCUT2D eigenvalue weighted by molar-refractivity contribution is 0.163. The third-order valence-corrected chi connectivity index (χ3v) is 3.76. The minimum atomic E-state index is -0.324. The summed E-state index contributed by atoms with van der Waals surface area (Å²) in [5.74, 6) is 0. The Morgan fingerprint density at radius 3 is 2.65 bits per heavy atom. The highest BCUT2D eigenvalue weighted by Crippen LogP contribution is 2.12. The summed E-state index contributed by atoms with van der Waals surface area (Å²) in [6, 6.07) is 12.7. The van der Waals surface area contributed by atoms with Gasteiger partial charge in [-0.25, -0.2) is 0 Å². The zero-order valence-electron chi connectivity index (χ0n) is 12.4. The first-order chi connectivity index (χ1) is 9.69. The molecule has 0 saturated carbocycles. The highest BCUT2D eigenvalue weighted by atomic mass is 16.3. The maximum atomic E-state index is 10.1. The van der Waals surface area contributed by atoms with Crippen LogP contribution in [0.1, 0.15) is 44.0 Å². The molecule has 1 aromatic heterocycles. The molecule has 2 rings (SSSR count). The Balaban J connectivity index is 1.82. The smallest absolute Gasteiger partial charge is 0.0650 e. The van der Waals surface area contributed by atoms with E-state index in [4.69, 9.17) is 0 Å². The van der Waals surface area contributed by atoms with Crippen molar-refractivity contribution in [1.29, 1.82) is 0 Å². The van der Waals surface area contributed by atoms with Crippen molar-refractivity contribution in [2.75, 3.05) is 0 Å². The molecule has 0 spiro atoms. The van der Waals surface area contributed by atoms with Crippen LogP contribution in [0.5, 0.6) is 0 Å². The number of nitrogens with zero attached hydrogens (tertiary/aromatic N) is 2. The molecular weight excluding hydrogens is 248 g/mol. The molecule has 0 amide bonds. The van der Waals surface area contributed by atoms with Crippen molar-refractivity contribution in [3.8, 4) is 0 Å². The topological polar surface area (TPSA) is 38.0 Å². The van der Waals surface area contributed by atoms with Gasteiger partial charge in [-0.15, -0.1) is 0 Å². The zero-order valence-corrected chi connectivity index (χ0v) is 12.4. The van der Waals surface area contributed by atoms with Crippen LogP contribution in [0.3, 0.4) is 0 Å². The molecular formula is C17H24N2O. The SMILES string of the molecule is CCC(C)n1ccc(CC(O)CCc2ccccc2)n1. The standard InChI is InChI=1S/C17H24N2O/c1-3-14(2)19-12-11-16(18-19)13-17(20)10-9-15-7-5-4-6-8-15/h4-8,11-12,14,17,20H,3,9-10,13H2,1-2H3. The van der Waals surface area contributed by atoms with Gasteiger partial charge in [0.05, 0.1) is 11.8 Å². The Labute approximate surface area is 121 Å². The Morgan fingerprint density at radius 2 is 1.95 bits per heavy atom. The zero-order chi connectivity index (χ0) is 14.4. The number of hydrogen-bond donors (Lipinski definition) is 1. The molecule has 1 N–H and O–H groups in total. The lowest BCUT2D eigenvalue weighted by Gasteiger charge is -2.10. The van der Waals surface area contributed by atoms with E-state index in [9.17, 15) is 5.11 Å². The van der Waals surface area contributed by atoms with E-state index in [2.05, 4.69) is 31.1 Å². The minimum Gasteiger partial charge on any atom is -0.393 e. The Bertz CT molecular complexity index is 507. The van der Waals surface area contributed by atoms with Crippen molar-refractivity contribution >= 4 is 0 Å². The van der Waals surface area contributed by atoms with Gasteiger partial charge < -0.3 is 5.11 Å². The van der Waals surface area contributed by atoms with E-state index in [0.717, 1.165) is 25.0 Å². The van der Waals surface area contributed by atoms with Crippen molar-refractivity contribution in [1.82, 2.24) is 9.78 Å². The van der Waals surface area contributed by atoms with Crippen LogP contribution >= 0.6 is 0 Å². The quantitative estimate of drug-likeness (QED) is 0.839. The van der Waals surface area contributed by atoms with Crippen molar-refractivity contribution in [3.63, 3.8) is 0 Å². The predicted molar refractivity (Wildman–Crippen MR) is 81.7 cm³/mol. The van der Waals surface area contributed by atoms with E-state index < -0.39 is 0 Å². The first-order valence-electron chi connectivity index (χ1n) is 7.45. The van der Waals surface area contributed by atoms with Crippen LogP contribution in [0.25, 0.3) is 0 Å². The average molecular weight is 272 g/mol. The van der Waals surface area contributed by atoms with Gasteiger partial charge in [-0.05, 0) is 37.8 Å². The maximum Gasteiger partial charge on any atom is 0.0650 e. The summed E-state index contributed by atoms with van der Waals surface area (Å²) in [6.45, 7) is 4.31. The maximum absolute atomic E-state index is 10.1. The first-order valence-corrected chi connectivity index (χ1v) is 7.45. The van der Waals surface area contributed by atoms with E-state index in [1.807, 2.05) is 35.1 Å². The van der Waals surface area contributed by atoms with Gasteiger partial charge in [-0.3, -0.25) is 4.68 Å². The molecule has 108 valence electrons. The molecule has 0 fully saturated rings. The third kappa shape index (κ3) is 4.20. The van der Waals surface area contributed by atoms with Crippen molar-refractivity contribution in [2.45, 2.75) is 51.7 Å². The van der Waals surface area contributed by atoms with E-state index in [-0.39, 0.29) is 6.10 Å². The summed E-state index contributed by atoms with van der Waals surface area (Å²) in [5, 5.41) is 14.7. The predicted octanol–water partition coefficient (Wildman–Crippen LogP) is 3.39. The highest BCUT2D eigenvalue weighted by molar-refractivity contribution is 5.14. The number of aromatic nitrogens is 2. The van der Waals surface area contributed by atoms with Crippen molar-refractivity contribution in [2.24, 2.45) is 0 Å². The van der Waals surface area contributed by atoms with E-state index in [0.29, 0.717) is 12.5 Å². The second-order valence-corrected chi connectivity index (χ2v) is 5.43. The van der Waals surface area contributed by atoms with E-state index in [1.165, 1.54) is 5.56 Å². The summed E-state index contributed by atoms with van der Waals surface area (Å²) in [5.41, 5.74) is 2.25. The largest absolute Gasteiger partial charge is 0.393 e. The van der Waals surface area contributed by atoms with Gasteiger partial charge in [0.2, 0.25) is 0 Å². The molecule has 1 heterocycles. The molecule has 3 heteroatoms. The molecule has 20 heavy (non-hydrogen) atoms. The second-order valence-electron chi connectivity index (χ2n) is 5.43. The minimum absolute atomic E-state index is 0.324. The summed E-state index contributed by atoms with van der Waals surface area (Å²) in [6.07, 6.45) is 5.07. The molecule has 2 unspecified atom stereocenters. The van der Waals surface area contributed by atoms with E-state index in [1.54, 1.807) is 0 Å². The monoisotopic (exact) mass is 272 g/mol. The van der Waals surface area contributed by atoms with Crippen LogP contribution in [0.2, 0.25) is 0 Å². The molecule has 0 aliphatic heterocycles. The third-order valence-electron chi connectivity index (χ3n) is 3.76. The van der Waals surface area contributed by atoms with Crippen LogP contribution in [0.15, 0.2) is 42.6 Å². The van der Waals surface area contributed by atoms with Gasteiger partial charge in [-0.1, -0.05) is 37.3 Å². The lowest BCUT2D eigenvalue weighted by Crippen LogP contribution is -2.13. The van der Waals surface area contributed by atoms with Crippen LogP contribution < -0.4 is 0 Å². The molecule has 0 bridgehead atoms. The molecule has 2 atom stereocenters. The molecule has 0 radical (unpaired) electrons. The second kappa shape index (κ2) is 7.25. The fraction of sp³-hybridized carbons (Fsp3) is 0.471. The Morgan fingerprint density at radius 1 is 1.20 bits per heavy atom. The fourth-order valence-corrected chi connectivity index (χ4v) is 2.24. The van der Waals surface area contributed by atoms with Gasteiger partial charge >= 0.3 is 0 Å². The lowest BCUT2D eigenvalue weighted by atomic mass is 10.0. The van der Waals surface area contributed by atoms with Gasteiger partial charge in [-0.2, -0.15) is 5.10 Å². The molecule has 3 nitrogen and oxygen atoms in total. The molecule has 0 aliphatic rings. The van der Waals surface area contributed by atoms with E-state index >= 15 is 0 Å². The van der Waals surface area contributed by atoms with Crippen LogP contribution in [-0.4, -0.2) is 21.0 Å². The number of aryl methyl sites for hydroxylation is 1. The number of aliphatic hydroxyl groups excluding tert-OH is 1. The van der Waals surface area contributed by atoms with Crippen molar-refractivity contribution < 1.29 is 5.11 Å². The van der Waals surface area contributed by atoms with Gasteiger partial charge in [0.25, 0.3) is 0 Å². The molecule has 0 aliphatic carbocycles. The van der Waals surface area contributed by atoms with Crippen molar-refractivity contribution in [3.05, 3.63) is 53.9 Å². The summed E-state index contributed by atoms with van der Waals surface area (Å²) < 4.78 is 1.99. The van der Waals surface area contributed by atoms with Gasteiger partial charge in [0, 0.05) is 18.7 Å². The molecule has 0 saturated heterocycles. The Hall–Kier alpha value is -1.61. The van der Waals surface area contributed by atoms with Crippen LogP contribution in [-0.2, 0) is 12.8 Å². The Kier molecular flexibility index (Phi) is 5.36. The average Bonchev–Trinajstić information content (AvgIpc) is 2.94. The summed E-state index contributed by atoms with van der Waals surface area (Å²) in [7, 11) is 0. The number of aliphatic hydroxyl groups is 1. The van der Waals surface area contributed by atoms with Gasteiger partial charge in [0.15, 0.2) is 0 Å². The fourth-order valence-electron chi connectivity index (χ4n) is 2.24. The number of benzene rings is 1. The molecule has 2 aromatic rings. The van der Waals surface area contributed by atoms with Gasteiger partial charge in [0.1, 0.15) is 0 Å². The normalized spacial score (nSPS) is 14.2. The first kappa shape index (κ1) is 14.8. The summed E-state index contributed by atoms with van der Waals surface area (Å²) >= 11 is 0. The summed E-state index contributed by atoms with van der Waals surface area (Å²) in [4.78, 5) is 0.